The molecule has 1 amide bonds. The van der Waals surface area contributed by atoms with Gasteiger partial charge in [0.15, 0.2) is 0 Å². The first-order chi connectivity index (χ1) is 12.0. The molecule has 7 heteroatoms. The summed E-state index contributed by atoms with van der Waals surface area (Å²) in [5.74, 6) is 0.00173. The maximum absolute atomic E-state index is 12.8. The fourth-order valence-electron chi connectivity index (χ4n) is 3.56. The molecule has 6 nitrogen and oxygen atoms in total. The minimum atomic E-state index is -3.52. The van der Waals surface area contributed by atoms with Gasteiger partial charge in [0, 0.05) is 31.2 Å². The largest absolute Gasteiger partial charge is 0.379 e. The van der Waals surface area contributed by atoms with E-state index >= 15 is 0 Å². The van der Waals surface area contributed by atoms with Crippen molar-refractivity contribution in [3.63, 3.8) is 0 Å². The van der Waals surface area contributed by atoms with E-state index in [-0.39, 0.29) is 16.8 Å². The van der Waals surface area contributed by atoms with Gasteiger partial charge in [-0.25, -0.2) is 8.42 Å². The molecule has 2 saturated heterocycles. The average molecular weight is 366 g/mol. The number of ether oxygens (including phenoxy) is 1. The monoisotopic (exact) mass is 366 g/mol. The third-order valence-corrected chi connectivity index (χ3v) is 6.98. The highest BCUT2D eigenvalue weighted by Crippen LogP contribution is 2.23. The summed E-state index contributed by atoms with van der Waals surface area (Å²) in [5.41, 5.74) is 0.557. The lowest BCUT2D eigenvalue weighted by atomic mass is 9.99. The van der Waals surface area contributed by atoms with Crippen molar-refractivity contribution in [1.82, 2.24) is 9.21 Å². The molecular weight excluding hydrogens is 340 g/mol. The van der Waals surface area contributed by atoms with E-state index in [0.717, 1.165) is 25.8 Å². The van der Waals surface area contributed by atoms with Gasteiger partial charge < -0.3 is 9.64 Å². The van der Waals surface area contributed by atoms with Crippen LogP contribution in [0.3, 0.4) is 0 Å². The highest BCUT2D eigenvalue weighted by atomic mass is 32.2. The number of carbonyl (C=O) groups is 1. The van der Waals surface area contributed by atoms with Crippen LogP contribution in [0.25, 0.3) is 0 Å². The molecule has 0 N–H and O–H groups in total. The van der Waals surface area contributed by atoms with Crippen molar-refractivity contribution in [2.75, 3.05) is 32.8 Å². The third kappa shape index (κ3) is 3.88. The van der Waals surface area contributed by atoms with Crippen LogP contribution >= 0.6 is 0 Å². The molecule has 3 rings (SSSR count). The predicted molar refractivity (Wildman–Crippen MR) is 95.0 cm³/mol. The highest BCUT2D eigenvalue weighted by molar-refractivity contribution is 7.89. The van der Waals surface area contributed by atoms with Crippen LogP contribution in [0.4, 0.5) is 0 Å². The Morgan fingerprint density at radius 3 is 2.44 bits per heavy atom. The van der Waals surface area contributed by atoms with Gasteiger partial charge >= 0.3 is 0 Å². The molecule has 0 radical (unpaired) electrons. The Balaban J connectivity index is 1.76. The van der Waals surface area contributed by atoms with Crippen LogP contribution in [0, 0.1) is 0 Å². The molecule has 1 atom stereocenters. The molecule has 138 valence electrons. The zero-order valence-electron chi connectivity index (χ0n) is 14.7. The second-order valence-corrected chi connectivity index (χ2v) is 8.54. The van der Waals surface area contributed by atoms with Gasteiger partial charge in [-0.15, -0.1) is 0 Å². The molecular formula is C18H26N2O4S. The van der Waals surface area contributed by atoms with Crippen LogP contribution in [0.1, 0.15) is 43.0 Å². The smallest absolute Gasteiger partial charge is 0.254 e. The van der Waals surface area contributed by atoms with Gasteiger partial charge in [0.1, 0.15) is 0 Å². The Bertz CT molecular complexity index is 696. The Morgan fingerprint density at radius 2 is 1.80 bits per heavy atom. The molecule has 1 aromatic carbocycles. The normalized spacial score (nSPS) is 22.8. The van der Waals surface area contributed by atoms with E-state index in [1.807, 2.05) is 4.90 Å². The van der Waals surface area contributed by atoms with Gasteiger partial charge in [-0.05, 0) is 49.9 Å². The second-order valence-electron chi connectivity index (χ2n) is 6.60. The summed E-state index contributed by atoms with van der Waals surface area (Å²) in [6, 6.07) is 6.65. The van der Waals surface area contributed by atoms with Crippen LogP contribution in [-0.2, 0) is 14.8 Å². The van der Waals surface area contributed by atoms with Gasteiger partial charge in [-0.3, -0.25) is 4.79 Å². The molecule has 2 heterocycles. The highest BCUT2D eigenvalue weighted by Gasteiger charge is 2.28. The van der Waals surface area contributed by atoms with Crippen LogP contribution in [-0.4, -0.2) is 62.4 Å². The van der Waals surface area contributed by atoms with Crippen LogP contribution in [0.15, 0.2) is 29.2 Å². The molecule has 0 aromatic heterocycles. The summed E-state index contributed by atoms with van der Waals surface area (Å²) in [6.45, 7) is 4.47. The number of sulfonamides is 1. The first kappa shape index (κ1) is 18.4. The Morgan fingerprint density at radius 1 is 1.12 bits per heavy atom. The number of likely N-dealkylation sites (tertiary alicyclic amines) is 1. The zero-order chi connectivity index (χ0) is 17.9. The molecule has 25 heavy (non-hydrogen) atoms. The van der Waals surface area contributed by atoms with Crippen molar-refractivity contribution in [3.05, 3.63) is 29.8 Å². The van der Waals surface area contributed by atoms with Crippen LogP contribution in [0.2, 0.25) is 0 Å². The van der Waals surface area contributed by atoms with Gasteiger partial charge in [-0.1, -0.05) is 6.92 Å². The molecule has 1 unspecified atom stereocenters. The second kappa shape index (κ2) is 7.85. The average Bonchev–Trinajstić information content (AvgIpc) is 2.68. The fourth-order valence-corrected chi connectivity index (χ4v) is 4.97. The van der Waals surface area contributed by atoms with E-state index in [1.165, 1.54) is 10.7 Å². The molecule has 2 aliphatic rings. The van der Waals surface area contributed by atoms with E-state index in [0.29, 0.717) is 31.9 Å². The SMILES string of the molecule is CCC1CCCCN1C(=O)c1ccc(S(=O)(=O)N2CCOCC2)cc1. The summed E-state index contributed by atoms with van der Waals surface area (Å²) in [7, 11) is -3.52. The lowest BCUT2D eigenvalue weighted by Gasteiger charge is -2.35. The minimum Gasteiger partial charge on any atom is -0.379 e. The summed E-state index contributed by atoms with van der Waals surface area (Å²) < 4.78 is 31.9. The fraction of sp³-hybridized carbons (Fsp3) is 0.611. The minimum absolute atomic E-state index is 0.00173. The molecule has 0 aliphatic carbocycles. The number of benzene rings is 1. The summed E-state index contributed by atoms with van der Waals surface area (Å²) in [5, 5.41) is 0. The number of carbonyl (C=O) groups excluding carboxylic acids is 1. The molecule has 0 saturated carbocycles. The first-order valence-electron chi connectivity index (χ1n) is 9.03. The molecule has 0 spiro atoms. The number of piperidine rings is 1. The topological polar surface area (TPSA) is 66.9 Å². The van der Waals surface area contributed by atoms with Crippen molar-refractivity contribution in [1.29, 1.82) is 0 Å². The van der Waals surface area contributed by atoms with Gasteiger partial charge in [0.05, 0.1) is 18.1 Å². The van der Waals surface area contributed by atoms with Crippen LogP contribution in [0.5, 0.6) is 0 Å². The van der Waals surface area contributed by atoms with E-state index in [9.17, 15) is 13.2 Å². The summed E-state index contributed by atoms with van der Waals surface area (Å²) in [6.07, 6.45) is 4.20. The maximum atomic E-state index is 12.8. The van der Waals surface area contributed by atoms with Crippen molar-refractivity contribution in [2.24, 2.45) is 0 Å². The van der Waals surface area contributed by atoms with Crippen molar-refractivity contribution in [2.45, 2.75) is 43.5 Å². The standard InChI is InChI=1S/C18H26N2O4S/c1-2-16-5-3-4-10-20(16)18(21)15-6-8-17(9-7-15)25(22,23)19-11-13-24-14-12-19/h6-9,16H,2-5,10-14H2,1H3. The van der Waals surface area contributed by atoms with E-state index in [4.69, 9.17) is 4.74 Å². The van der Waals surface area contributed by atoms with Crippen molar-refractivity contribution < 1.29 is 17.9 Å². The van der Waals surface area contributed by atoms with Gasteiger partial charge in [0.25, 0.3) is 5.91 Å². The Labute approximate surface area is 149 Å². The van der Waals surface area contributed by atoms with E-state index in [1.54, 1.807) is 24.3 Å². The molecule has 1 aromatic rings. The van der Waals surface area contributed by atoms with Crippen molar-refractivity contribution >= 4 is 15.9 Å². The van der Waals surface area contributed by atoms with Gasteiger partial charge in [-0.2, -0.15) is 4.31 Å². The zero-order valence-corrected chi connectivity index (χ0v) is 15.5. The van der Waals surface area contributed by atoms with Gasteiger partial charge in [0.2, 0.25) is 10.0 Å². The lowest BCUT2D eigenvalue weighted by Crippen LogP contribution is -2.43. The lowest BCUT2D eigenvalue weighted by molar-refractivity contribution is 0.0608. The number of hydrogen-bond donors (Lipinski definition) is 0. The molecule has 2 fully saturated rings. The number of nitrogens with zero attached hydrogens (tertiary/aromatic N) is 2. The number of morpholine rings is 1. The Hall–Kier alpha value is -1.44. The Kier molecular flexibility index (Phi) is 5.76. The molecule has 2 aliphatic heterocycles. The van der Waals surface area contributed by atoms with Crippen LogP contribution < -0.4 is 0 Å². The third-order valence-electron chi connectivity index (χ3n) is 5.07. The van der Waals surface area contributed by atoms with Crippen molar-refractivity contribution in [3.8, 4) is 0 Å². The quantitative estimate of drug-likeness (QED) is 0.819. The molecule has 0 bridgehead atoms. The predicted octanol–water partition coefficient (Wildman–Crippen LogP) is 2.11. The number of rotatable bonds is 4. The number of amides is 1. The first-order valence-corrected chi connectivity index (χ1v) is 10.5. The maximum Gasteiger partial charge on any atom is 0.254 e. The summed E-state index contributed by atoms with van der Waals surface area (Å²) in [4.78, 5) is 15.0. The summed E-state index contributed by atoms with van der Waals surface area (Å²) >= 11 is 0. The van der Waals surface area contributed by atoms with E-state index in [2.05, 4.69) is 6.92 Å². The van der Waals surface area contributed by atoms with E-state index < -0.39 is 10.0 Å². The number of hydrogen-bond acceptors (Lipinski definition) is 4.